The number of methoxy groups -OCH3 is 1. The number of aliphatic hydroxyl groups is 1. The molecule has 2 saturated heterocycles. The number of hydrogen-bond donors (Lipinski definition) is 2. The highest BCUT2D eigenvalue weighted by Crippen LogP contribution is 2.38. The van der Waals surface area contributed by atoms with Crippen LogP contribution >= 0.6 is 11.6 Å². The smallest absolute Gasteiger partial charge is 0.254 e. The predicted octanol–water partition coefficient (Wildman–Crippen LogP) is 1.45. The number of nitrogens with zero attached hydrogens (tertiary/aromatic N) is 1. The Morgan fingerprint density at radius 2 is 2.25 bits per heavy atom. The largest absolute Gasteiger partial charge is 0.497 e. The van der Waals surface area contributed by atoms with Crippen molar-refractivity contribution >= 4 is 23.4 Å². The van der Waals surface area contributed by atoms with Gasteiger partial charge in [-0.1, -0.05) is 11.6 Å². The lowest BCUT2D eigenvalue weighted by atomic mass is 9.71. The van der Waals surface area contributed by atoms with Gasteiger partial charge in [0.2, 0.25) is 5.91 Å². The molecule has 2 aliphatic heterocycles. The molecule has 130 valence electrons. The summed E-state index contributed by atoms with van der Waals surface area (Å²) in [7, 11) is 1.51. The zero-order chi connectivity index (χ0) is 17.3. The Balaban J connectivity index is 1.86. The number of amides is 2. The van der Waals surface area contributed by atoms with E-state index < -0.39 is 11.5 Å². The average Bonchev–Trinajstić information content (AvgIpc) is 2.58. The first kappa shape index (κ1) is 17.0. The molecule has 2 amide bonds. The third-order valence-electron chi connectivity index (χ3n) is 4.96. The maximum absolute atomic E-state index is 12.9. The van der Waals surface area contributed by atoms with Crippen molar-refractivity contribution < 1.29 is 19.4 Å². The first-order valence-corrected chi connectivity index (χ1v) is 8.44. The van der Waals surface area contributed by atoms with Gasteiger partial charge in [-0.15, -0.1) is 0 Å². The van der Waals surface area contributed by atoms with Gasteiger partial charge in [0, 0.05) is 30.2 Å². The molecule has 1 spiro atoms. The van der Waals surface area contributed by atoms with E-state index in [4.69, 9.17) is 16.3 Å². The van der Waals surface area contributed by atoms with Crippen LogP contribution in [0.2, 0.25) is 5.02 Å². The van der Waals surface area contributed by atoms with E-state index in [1.807, 2.05) is 0 Å². The standard InChI is InChI=1S/C17H21ClN2O4/c1-24-13-8-11(7-12(18)9-13)15(22)20-6-3-14(21)17(10-20)4-2-5-19-16(17)23/h7-9,14,21H,2-6,10H2,1H3,(H,19,23)/t14-,17-/m1/s1. The van der Waals surface area contributed by atoms with Gasteiger partial charge in [-0.05, 0) is 37.5 Å². The van der Waals surface area contributed by atoms with E-state index >= 15 is 0 Å². The lowest BCUT2D eigenvalue weighted by Gasteiger charge is -2.46. The van der Waals surface area contributed by atoms with Gasteiger partial charge in [0.1, 0.15) is 5.75 Å². The number of aliphatic hydroxyl groups excluding tert-OH is 1. The molecule has 6 nitrogen and oxygen atoms in total. The van der Waals surface area contributed by atoms with Crippen molar-refractivity contribution in [1.82, 2.24) is 10.2 Å². The molecule has 2 N–H and O–H groups in total. The van der Waals surface area contributed by atoms with E-state index in [1.54, 1.807) is 23.1 Å². The van der Waals surface area contributed by atoms with E-state index in [0.717, 1.165) is 6.42 Å². The van der Waals surface area contributed by atoms with Gasteiger partial charge in [-0.3, -0.25) is 9.59 Å². The monoisotopic (exact) mass is 352 g/mol. The van der Waals surface area contributed by atoms with Crippen LogP contribution in [-0.4, -0.2) is 54.7 Å². The van der Waals surface area contributed by atoms with Crippen molar-refractivity contribution in [1.29, 1.82) is 0 Å². The molecule has 0 unspecified atom stereocenters. The quantitative estimate of drug-likeness (QED) is 0.844. The van der Waals surface area contributed by atoms with Crippen molar-refractivity contribution in [2.45, 2.75) is 25.4 Å². The second kappa shape index (κ2) is 6.61. The Labute approximate surface area is 145 Å². The molecule has 1 aromatic rings. The van der Waals surface area contributed by atoms with Crippen molar-refractivity contribution in [2.75, 3.05) is 26.7 Å². The maximum Gasteiger partial charge on any atom is 0.254 e. The van der Waals surface area contributed by atoms with E-state index in [0.29, 0.717) is 42.3 Å². The number of likely N-dealkylation sites (tertiary alicyclic amines) is 1. The number of piperidine rings is 2. The first-order chi connectivity index (χ1) is 11.5. The van der Waals surface area contributed by atoms with Gasteiger partial charge >= 0.3 is 0 Å². The Morgan fingerprint density at radius 1 is 1.46 bits per heavy atom. The summed E-state index contributed by atoms with van der Waals surface area (Å²) in [5.74, 6) is 0.135. The van der Waals surface area contributed by atoms with Gasteiger partial charge in [0.05, 0.1) is 18.6 Å². The number of hydrogen-bond acceptors (Lipinski definition) is 4. The summed E-state index contributed by atoms with van der Waals surface area (Å²) >= 11 is 6.05. The Hall–Kier alpha value is -1.79. The summed E-state index contributed by atoms with van der Waals surface area (Å²) in [6.07, 6.45) is 1.05. The van der Waals surface area contributed by atoms with E-state index in [2.05, 4.69) is 5.32 Å². The molecule has 0 radical (unpaired) electrons. The third kappa shape index (κ3) is 2.96. The lowest BCUT2D eigenvalue weighted by Crippen LogP contribution is -2.62. The number of carbonyl (C=O) groups excluding carboxylic acids is 2. The maximum atomic E-state index is 12.9. The molecule has 3 rings (SSSR count). The van der Waals surface area contributed by atoms with Crippen molar-refractivity contribution in [3.8, 4) is 5.75 Å². The fourth-order valence-electron chi connectivity index (χ4n) is 3.60. The Kier molecular flexibility index (Phi) is 4.69. The Morgan fingerprint density at radius 3 is 2.96 bits per heavy atom. The van der Waals surface area contributed by atoms with Crippen LogP contribution in [0.15, 0.2) is 18.2 Å². The molecule has 2 heterocycles. The molecule has 2 fully saturated rings. The number of nitrogens with one attached hydrogen (secondary N) is 1. The van der Waals surface area contributed by atoms with Crippen molar-refractivity contribution in [3.63, 3.8) is 0 Å². The second-order valence-corrected chi connectivity index (χ2v) is 6.86. The summed E-state index contributed by atoms with van der Waals surface area (Å²) in [6.45, 7) is 1.24. The molecule has 7 heteroatoms. The minimum absolute atomic E-state index is 0.164. The zero-order valence-corrected chi connectivity index (χ0v) is 14.3. The summed E-state index contributed by atoms with van der Waals surface area (Å²) in [5.41, 5.74) is -0.489. The van der Waals surface area contributed by atoms with Crippen molar-refractivity contribution in [2.24, 2.45) is 5.41 Å². The van der Waals surface area contributed by atoms with Crippen molar-refractivity contribution in [3.05, 3.63) is 28.8 Å². The van der Waals surface area contributed by atoms with Crippen LogP contribution in [0.25, 0.3) is 0 Å². The SMILES string of the molecule is COc1cc(Cl)cc(C(=O)N2CC[C@@H](O)[C@@]3(CCCNC3=O)C2)c1. The highest BCUT2D eigenvalue weighted by atomic mass is 35.5. The molecule has 0 aromatic heterocycles. The van der Waals surface area contributed by atoms with Crippen LogP contribution in [0.1, 0.15) is 29.6 Å². The predicted molar refractivity (Wildman–Crippen MR) is 89.2 cm³/mol. The lowest BCUT2D eigenvalue weighted by molar-refractivity contribution is -0.147. The summed E-state index contributed by atoms with van der Waals surface area (Å²) in [5, 5.41) is 13.6. The van der Waals surface area contributed by atoms with E-state index in [-0.39, 0.29) is 18.4 Å². The van der Waals surface area contributed by atoms with E-state index in [1.165, 1.54) is 7.11 Å². The van der Waals surface area contributed by atoms with E-state index in [9.17, 15) is 14.7 Å². The average molecular weight is 353 g/mol. The highest BCUT2D eigenvalue weighted by Gasteiger charge is 2.50. The number of halogens is 1. The molecule has 2 aliphatic rings. The third-order valence-corrected chi connectivity index (χ3v) is 5.18. The summed E-state index contributed by atoms with van der Waals surface area (Å²) in [6, 6.07) is 4.85. The van der Waals surface area contributed by atoms with Crippen LogP contribution < -0.4 is 10.1 Å². The molecular formula is C17H21ClN2O4. The number of benzene rings is 1. The zero-order valence-electron chi connectivity index (χ0n) is 13.5. The van der Waals surface area contributed by atoms with Gasteiger partial charge in [0.25, 0.3) is 5.91 Å². The van der Waals surface area contributed by atoms with Crippen LogP contribution in [0.3, 0.4) is 0 Å². The second-order valence-electron chi connectivity index (χ2n) is 6.43. The molecule has 2 atom stereocenters. The summed E-state index contributed by atoms with van der Waals surface area (Å²) in [4.78, 5) is 26.9. The van der Waals surface area contributed by atoms with Gasteiger partial charge in [-0.25, -0.2) is 0 Å². The molecule has 0 saturated carbocycles. The molecule has 1 aromatic carbocycles. The topological polar surface area (TPSA) is 78.9 Å². The van der Waals surface area contributed by atoms with Crippen LogP contribution in [0.4, 0.5) is 0 Å². The summed E-state index contributed by atoms with van der Waals surface area (Å²) < 4.78 is 5.16. The minimum Gasteiger partial charge on any atom is -0.497 e. The van der Waals surface area contributed by atoms with Crippen LogP contribution in [0.5, 0.6) is 5.75 Å². The molecule has 24 heavy (non-hydrogen) atoms. The van der Waals surface area contributed by atoms with Crippen LogP contribution in [0, 0.1) is 5.41 Å². The Bertz CT molecular complexity index is 666. The minimum atomic E-state index is -0.908. The fraction of sp³-hybridized carbons (Fsp3) is 0.529. The van der Waals surface area contributed by atoms with Gasteiger partial charge in [-0.2, -0.15) is 0 Å². The van der Waals surface area contributed by atoms with Gasteiger partial charge in [0.15, 0.2) is 0 Å². The number of rotatable bonds is 2. The number of carbonyl (C=O) groups is 2. The first-order valence-electron chi connectivity index (χ1n) is 8.06. The normalized spacial score (nSPS) is 27.0. The van der Waals surface area contributed by atoms with Gasteiger partial charge < -0.3 is 20.1 Å². The molecule has 0 aliphatic carbocycles. The fourth-order valence-corrected chi connectivity index (χ4v) is 3.83. The number of ether oxygens (including phenoxy) is 1. The van der Waals surface area contributed by atoms with Crippen LogP contribution in [-0.2, 0) is 4.79 Å². The highest BCUT2D eigenvalue weighted by molar-refractivity contribution is 6.31. The molecule has 0 bridgehead atoms. The molecular weight excluding hydrogens is 332 g/mol.